The zero-order valence-corrected chi connectivity index (χ0v) is 9.56. The van der Waals surface area contributed by atoms with E-state index < -0.39 is 0 Å². The van der Waals surface area contributed by atoms with Crippen LogP contribution in [0.15, 0.2) is 30.7 Å². The largest absolute Gasteiger partial charge is 0.310 e. The van der Waals surface area contributed by atoms with Crippen molar-refractivity contribution >= 4 is 5.65 Å². The number of nitrogens with zero attached hydrogens (tertiary/aromatic N) is 2. The predicted molar refractivity (Wildman–Crippen MR) is 64.3 cm³/mol. The molecule has 2 aromatic heterocycles. The SMILES string of the molecule is CC1CCC(c2ccc3nccn3c2)NC1. The van der Waals surface area contributed by atoms with Crippen LogP contribution in [-0.2, 0) is 0 Å². The van der Waals surface area contributed by atoms with E-state index in [9.17, 15) is 0 Å². The van der Waals surface area contributed by atoms with E-state index in [1.165, 1.54) is 18.4 Å². The molecule has 0 bridgehead atoms. The second kappa shape index (κ2) is 3.91. The van der Waals surface area contributed by atoms with E-state index in [-0.39, 0.29) is 0 Å². The Bertz CT molecular complexity index is 481. The Kier molecular flexibility index (Phi) is 2.40. The van der Waals surface area contributed by atoms with Gasteiger partial charge in [-0.05, 0) is 36.9 Å². The number of rotatable bonds is 1. The van der Waals surface area contributed by atoms with Crippen molar-refractivity contribution in [3.63, 3.8) is 0 Å². The van der Waals surface area contributed by atoms with Gasteiger partial charge in [-0.25, -0.2) is 4.98 Å². The molecule has 0 amide bonds. The molecule has 1 aliphatic heterocycles. The van der Waals surface area contributed by atoms with Crippen molar-refractivity contribution in [2.24, 2.45) is 5.92 Å². The van der Waals surface area contributed by atoms with Crippen molar-refractivity contribution in [3.05, 3.63) is 36.3 Å². The van der Waals surface area contributed by atoms with Crippen LogP contribution >= 0.6 is 0 Å². The number of aromatic nitrogens is 2. The van der Waals surface area contributed by atoms with E-state index in [2.05, 4.69) is 40.0 Å². The molecular weight excluding hydrogens is 198 g/mol. The first-order chi connectivity index (χ1) is 7.83. The fourth-order valence-electron chi connectivity index (χ4n) is 2.43. The van der Waals surface area contributed by atoms with E-state index in [0.717, 1.165) is 18.1 Å². The van der Waals surface area contributed by atoms with Gasteiger partial charge in [-0.1, -0.05) is 13.0 Å². The third kappa shape index (κ3) is 1.71. The van der Waals surface area contributed by atoms with Gasteiger partial charge in [0.2, 0.25) is 0 Å². The van der Waals surface area contributed by atoms with E-state index in [0.29, 0.717) is 6.04 Å². The maximum Gasteiger partial charge on any atom is 0.136 e. The molecule has 1 fully saturated rings. The van der Waals surface area contributed by atoms with Crippen LogP contribution in [0.2, 0.25) is 0 Å². The van der Waals surface area contributed by atoms with Gasteiger partial charge < -0.3 is 9.72 Å². The fourth-order valence-corrected chi connectivity index (χ4v) is 2.43. The molecule has 3 heterocycles. The van der Waals surface area contributed by atoms with Gasteiger partial charge in [-0.2, -0.15) is 0 Å². The Labute approximate surface area is 95.5 Å². The Morgan fingerprint density at radius 3 is 3.12 bits per heavy atom. The summed E-state index contributed by atoms with van der Waals surface area (Å²) in [6, 6.07) is 4.80. The summed E-state index contributed by atoms with van der Waals surface area (Å²) in [5, 5.41) is 3.61. The monoisotopic (exact) mass is 215 g/mol. The molecule has 2 unspecified atom stereocenters. The third-order valence-electron chi connectivity index (χ3n) is 3.47. The number of hydrogen-bond donors (Lipinski definition) is 1. The van der Waals surface area contributed by atoms with E-state index in [1.54, 1.807) is 0 Å². The van der Waals surface area contributed by atoms with Gasteiger partial charge in [0.25, 0.3) is 0 Å². The summed E-state index contributed by atoms with van der Waals surface area (Å²) in [5.74, 6) is 0.813. The highest BCUT2D eigenvalue weighted by atomic mass is 15.0. The van der Waals surface area contributed by atoms with Crippen LogP contribution in [0.1, 0.15) is 31.4 Å². The highest BCUT2D eigenvalue weighted by Gasteiger charge is 2.18. The van der Waals surface area contributed by atoms with Gasteiger partial charge in [0.15, 0.2) is 0 Å². The lowest BCUT2D eigenvalue weighted by Crippen LogP contribution is -2.31. The minimum Gasteiger partial charge on any atom is -0.310 e. The van der Waals surface area contributed by atoms with Crippen LogP contribution in [0.25, 0.3) is 5.65 Å². The predicted octanol–water partition coefficient (Wildman–Crippen LogP) is 2.39. The molecule has 0 saturated carbocycles. The highest BCUT2D eigenvalue weighted by molar-refractivity contribution is 5.40. The van der Waals surface area contributed by atoms with Crippen molar-refractivity contribution in [1.82, 2.24) is 14.7 Å². The van der Waals surface area contributed by atoms with Gasteiger partial charge in [0.05, 0.1) is 0 Å². The molecule has 0 aliphatic carbocycles. The first kappa shape index (κ1) is 9.85. The van der Waals surface area contributed by atoms with Gasteiger partial charge in [-0.3, -0.25) is 0 Å². The molecule has 1 N–H and O–H groups in total. The zero-order chi connectivity index (χ0) is 11.0. The summed E-state index contributed by atoms with van der Waals surface area (Å²) >= 11 is 0. The molecule has 2 aromatic rings. The summed E-state index contributed by atoms with van der Waals surface area (Å²) < 4.78 is 2.09. The minimum atomic E-state index is 0.517. The van der Waals surface area contributed by atoms with Gasteiger partial charge in [0.1, 0.15) is 5.65 Å². The molecule has 1 saturated heterocycles. The minimum absolute atomic E-state index is 0.517. The van der Waals surface area contributed by atoms with Gasteiger partial charge >= 0.3 is 0 Å². The molecule has 3 heteroatoms. The summed E-state index contributed by atoms with van der Waals surface area (Å²) in [6.07, 6.45) is 8.59. The summed E-state index contributed by atoms with van der Waals surface area (Å²) in [6.45, 7) is 3.44. The van der Waals surface area contributed by atoms with E-state index in [1.807, 2.05) is 12.4 Å². The normalized spacial score (nSPS) is 26.1. The highest BCUT2D eigenvalue weighted by Crippen LogP contribution is 2.25. The first-order valence-corrected chi connectivity index (χ1v) is 5.99. The van der Waals surface area contributed by atoms with Crippen molar-refractivity contribution < 1.29 is 0 Å². The standard InChI is InChI=1S/C13H17N3/c1-10-2-4-12(15-8-10)11-3-5-13-14-6-7-16(13)9-11/h3,5-7,9-10,12,15H,2,4,8H2,1H3. The molecule has 2 atom stereocenters. The van der Waals surface area contributed by atoms with Crippen LogP contribution in [-0.4, -0.2) is 15.9 Å². The number of imidazole rings is 1. The Balaban J connectivity index is 1.87. The van der Waals surface area contributed by atoms with Crippen molar-refractivity contribution in [1.29, 1.82) is 0 Å². The molecule has 84 valence electrons. The smallest absolute Gasteiger partial charge is 0.136 e. The molecule has 0 spiro atoms. The Morgan fingerprint density at radius 1 is 1.38 bits per heavy atom. The number of pyridine rings is 1. The summed E-state index contributed by atoms with van der Waals surface area (Å²) in [4.78, 5) is 4.26. The average molecular weight is 215 g/mol. The third-order valence-corrected chi connectivity index (χ3v) is 3.47. The van der Waals surface area contributed by atoms with Crippen LogP contribution in [0, 0.1) is 5.92 Å². The molecule has 3 rings (SSSR count). The number of nitrogens with one attached hydrogen (secondary N) is 1. The summed E-state index contributed by atoms with van der Waals surface area (Å²) in [5.41, 5.74) is 2.39. The maximum absolute atomic E-state index is 4.26. The number of fused-ring (bicyclic) bond motifs is 1. The Morgan fingerprint density at radius 2 is 2.31 bits per heavy atom. The van der Waals surface area contributed by atoms with Crippen molar-refractivity contribution in [2.75, 3.05) is 6.54 Å². The van der Waals surface area contributed by atoms with Crippen molar-refractivity contribution in [2.45, 2.75) is 25.8 Å². The molecule has 3 nitrogen and oxygen atoms in total. The van der Waals surface area contributed by atoms with Gasteiger partial charge in [-0.15, -0.1) is 0 Å². The zero-order valence-electron chi connectivity index (χ0n) is 9.56. The maximum atomic E-state index is 4.26. The van der Waals surface area contributed by atoms with Gasteiger partial charge in [0, 0.05) is 24.6 Å². The first-order valence-electron chi connectivity index (χ1n) is 5.99. The lowest BCUT2D eigenvalue weighted by molar-refractivity contribution is 0.332. The van der Waals surface area contributed by atoms with Crippen LogP contribution < -0.4 is 5.32 Å². The van der Waals surface area contributed by atoms with Crippen molar-refractivity contribution in [3.8, 4) is 0 Å². The topological polar surface area (TPSA) is 29.3 Å². The quantitative estimate of drug-likeness (QED) is 0.791. The second-order valence-corrected chi connectivity index (χ2v) is 4.80. The van der Waals surface area contributed by atoms with Crippen LogP contribution in [0.4, 0.5) is 0 Å². The second-order valence-electron chi connectivity index (χ2n) is 4.80. The molecule has 16 heavy (non-hydrogen) atoms. The summed E-state index contributed by atoms with van der Waals surface area (Å²) in [7, 11) is 0. The van der Waals surface area contributed by atoms with E-state index >= 15 is 0 Å². The average Bonchev–Trinajstić information content (AvgIpc) is 2.77. The molecule has 0 radical (unpaired) electrons. The number of hydrogen-bond acceptors (Lipinski definition) is 2. The Hall–Kier alpha value is -1.35. The fraction of sp³-hybridized carbons (Fsp3) is 0.462. The van der Waals surface area contributed by atoms with E-state index in [4.69, 9.17) is 0 Å². The van der Waals surface area contributed by atoms with Crippen LogP contribution in [0.5, 0.6) is 0 Å². The van der Waals surface area contributed by atoms with Crippen LogP contribution in [0.3, 0.4) is 0 Å². The lowest BCUT2D eigenvalue weighted by Gasteiger charge is -2.28. The molecule has 1 aliphatic rings. The number of piperidine rings is 1. The lowest BCUT2D eigenvalue weighted by atomic mass is 9.93. The molecular formula is C13H17N3. The molecule has 0 aromatic carbocycles.